The number of hydrogen-bond acceptors (Lipinski definition) is 2. The van der Waals surface area contributed by atoms with Crippen LogP contribution in [0.25, 0.3) is 0 Å². The van der Waals surface area contributed by atoms with Crippen LogP contribution in [0, 0.1) is 11.6 Å². The minimum Gasteiger partial charge on any atom is -0.480 e. The Morgan fingerprint density at radius 2 is 2.09 bits per heavy atom. The van der Waals surface area contributed by atoms with Crippen LogP contribution in [0.15, 0.2) is 30.4 Å². The molecular weight excluding hydrogens is 304 g/mol. The highest BCUT2D eigenvalue weighted by atomic mass is 19.1. The van der Waals surface area contributed by atoms with E-state index in [1.807, 2.05) is 0 Å². The number of carboxylic acids is 1. The average Bonchev–Trinajstić information content (AvgIpc) is 2.44. The van der Waals surface area contributed by atoms with E-state index in [1.54, 1.807) is 19.1 Å². The number of carboxylic acid groups (broad SMARTS) is 1. The fourth-order valence-electron chi connectivity index (χ4n) is 2.82. The molecule has 1 aromatic carbocycles. The van der Waals surface area contributed by atoms with Gasteiger partial charge in [-0.1, -0.05) is 24.6 Å². The highest BCUT2D eigenvalue weighted by Gasteiger charge is 2.48. The Bertz CT molecular complexity index is 639. The molecule has 1 atom stereocenters. The molecule has 1 amide bonds. The van der Waals surface area contributed by atoms with Crippen molar-refractivity contribution in [1.82, 2.24) is 5.32 Å². The van der Waals surface area contributed by atoms with Crippen molar-refractivity contribution in [2.75, 3.05) is 0 Å². The van der Waals surface area contributed by atoms with Crippen LogP contribution < -0.4 is 5.32 Å². The Morgan fingerprint density at radius 3 is 2.57 bits per heavy atom. The predicted molar refractivity (Wildman–Crippen MR) is 80.9 cm³/mol. The SMILES string of the molecule is C/C=C/CC(NC(=O)C1(c2ccc(F)cc2F)CCC1)C(=O)O. The fraction of sp³-hybridized carbons (Fsp3) is 0.412. The molecule has 0 aliphatic heterocycles. The van der Waals surface area contributed by atoms with Crippen molar-refractivity contribution >= 4 is 11.9 Å². The first-order valence-corrected chi connectivity index (χ1v) is 7.51. The van der Waals surface area contributed by atoms with Gasteiger partial charge in [-0.25, -0.2) is 13.6 Å². The maximum absolute atomic E-state index is 14.1. The Kier molecular flexibility index (Phi) is 5.13. The summed E-state index contributed by atoms with van der Waals surface area (Å²) in [6.07, 6.45) is 5.05. The number of amides is 1. The number of rotatable bonds is 6. The van der Waals surface area contributed by atoms with Crippen LogP contribution in [0.1, 0.15) is 38.2 Å². The second-order valence-electron chi connectivity index (χ2n) is 5.73. The largest absolute Gasteiger partial charge is 0.480 e. The van der Waals surface area contributed by atoms with Crippen LogP contribution in [0.5, 0.6) is 0 Å². The van der Waals surface area contributed by atoms with Crippen LogP contribution in [-0.4, -0.2) is 23.0 Å². The van der Waals surface area contributed by atoms with Gasteiger partial charge in [0.2, 0.25) is 5.91 Å². The van der Waals surface area contributed by atoms with Crippen LogP contribution in [0.2, 0.25) is 0 Å². The summed E-state index contributed by atoms with van der Waals surface area (Å²) >= 11 is 0. The lowest BCUT2D eigenvalue weighted by Crippen LogP contribution is -2.54. The Balaban J connectivity index is 2.25. The molecule has 6 heteroatoms. The summed E-state index contributed by atoms with van der Waals surface area (Å²) in [4.78, 5) is 23.9. The maximum atomic E-state index is 14.1. The lowest BCUT2D eigenvalue weighted by molar-refractivity contribution is -0.143. The Labute approximate surface area is 133 Å². The summed E-state index contributed by atoms with van der Waals surface area (Å²) in [6.45, 7) is 1.75. The number of carbonyl (C=O) groups excluding carboxylic acids is 1. The zero-order chi connectivity index (χ0) is 17.0. The van der Waals surface area contributed by atoms with Crippen molar-refractivity contribution in [2.24, 2.45) is 0 Å². The molecule has 0 saturated heterocycles. The maximum Gasteiger partial charge on any atom is 0.326 e. The zero-order valence-corrected chi connectivity index (χ0v) is 12.8. The number of aliphatic carboxylic acids is 1. The summed E-state index contributed by atoms with van der Waals surface area (Å²) in [5, 5.41) is 11.7. The molecule has 4 nitrogen and oxygen atoms in total. The molecule has 1 aromatic rings. The van der Waals surface area contributed by atoms with Gasteiger partial charge >= 0.3 is 5.97 Å². The molecule has 1 saturated carbocycles. The van der Waals surface area contributed by atoms with Gasteiger partial charge in [-0.05, 0) is 32.3 Å². The standard InChI is InChI=1S/C17H19F2NO3/c1-2-3-5-14(15(21)22)20-16(23)17(8-4-9-17)12-7-6-11(18)10-13(12)19/h2-3,6-7,10,14H,4-5,8-9H2,1H3,(H,20,23)(H,21,22)/b3-2+. The number of nitrogens with one attached hydrogen (secondary N) is 1. The smallest absolute Gasteiger partial charge is 0.326 e. The monoisotopic (exact) mass is 323 g/mol. The van der Waals surface area contributed by atoms with Gasteiger partial charge in [0, 0.05) is 11.6 Å². The van der Waals surface area contributed by atoms with E-state index in [4.69, 9.17) is 0 Å². The minimum atomic E-state index is -1.15. The summed E-state index contributed by atoms with van der Waals surface area (Å²) in [6, 6.07) is 2.06. The normalized spacial score (nSPS) is 17.5. The lowest BCUT2D eigenvalue weighted by Gasteiger charge is -2.41. The van der Waals surface area contributed by atoms with Crippen molar-refractivity contribution in [2.45, 2.75) is 44.1 Å². The molecule has 0 bridgehead atoms. The highest BCUT2D eigenvalue weighted by Crippen LogP contribution is 2.45. The molecule has 1 aliphatic carbocycles. The lowest BCUT2D eigenvalue weighted by atomic mass is 9.63. The van der Waals surface area contributed by atoms with Gasteiger partial charge in [0.15, 0.2) is 0 Å². The van der Waals surface area contributed by atoms with E-state index in [-0.39, 0.29) is 12.0 Å². The third-order valence-corrected chi connectivity index (χ3v) is 4.30. The van der Waals surface area contributed by atoms with Gasteiger partial charge in [-0.15, -0.1) is 0 Å². The summed E-state index contributed by atoms with van der Waals surface area (Å²) < 4.78 is 27.2. The molecular formula is C17H19F2NO3. The number of carbonyl (C=O) groups is 2. The molecule has 1 fully saturated rings. The molecule has 1 aliphatic rings. The first-order chi connectivity index (χ1) is 10.9. The van der Waals surface area contributed by atoms with E-state index in [2.05, 4.69) is 5.32 Å². The number of hydrogen-bond donors (Lipinski definition) is 2. The number of benzene rings is 1. The number of halogens is 2. The summed E-state index contributed by atoms with van der Waals surface area (Å²) in [7, 11) is 0. The molecule has 1 unspecified atom stereocenters. The average molecular weight is 323 g/mol. The topological polar surface area (TPSA) is 66.4 Å². The van der Waals surface area contributed by atoms with Gasteiger partial charge in [0.1, 0.15) is 17.7 Å². The fourth-order valence-corrected chi connectivity index (χ4v) is 2.82. The van der Waals surface area contributed by atoms with E-state index in [0.717, 1.165) is 18.6 Å². The van der Waals surface area contributed by atoms with Crippen molar-refractivity contribution < 1.29 is 23.5 Å². The third-order valence-electron chi connectivity index (χ3n) is 4.30. The molecule has 23 heavy (non-hydrogen) atoms. The van der Waals surface area contributed by atoms with Gasteiger partial charge in [-0.3, -0.25) is 4.79 Å². The molecule has 2 rings (SSSR count). The van der Waals surface area contributed by atoms with E-state index in [9.17, 15) is 23.5 Å². The molecule has 2 N–H and O–H groups in total. The molecule has 0 aromatic heterocycles. The van der Waals surface area contributed by atoms with Gasteiger partial charge in [0.05, 0.1) is 5.41 Å². The molecule has 124 valence electrons. The Morgan fingerprint density at radius 1 is 1.39 bits per heavy atom. The van der Waals surface area contributed by atoms with Gasteiger partial charge < -0.3 is 10.4 Å². The van der Waals surface area contributed by atoms with Gasteiger partial charge in [0.25, 0.3) is 0 Å². The van der Waals surface area contributed by atoms with Crippen molar-refractivity contribution in [3.05, 3.63) is 47.5 Å². The van der Waals surface area contributed by atoms with E-state index < -0.39 is 35.0 Å². The van der Waals surface area contributed by atoms with Crippen LogP contribution in [0.4, 0.5) is 8.78 Å². The Hall–Kier alpha value is -2.24. The highest BCUT2D eigenvalue weighted by molar-refractivity contribution is 5.92. The van der Waals surface area contributed by atoms with Crippen LogP contribution >= 0.6 is 0 Å². The van der Waals surface area contributed by atoms with E-state index >= 15 is 0 Å². The molecule has 0 radical (unpaired) electrons. The van der Waals surface area contributed by atoms with Gasteiger partial charge in [-0.2, -0.15) is 0 Å². The number of allylic oxidation sites excluding steroid dienone is 1. The second-order valence-corrected chi connectivity index (χ2v) is 5.73. The quantitative estimate of drug-likeness (QED) is 0.791. The first-order valence-electron chi connectivity index (χ1n) is 7.51. The molecule has 0 spiro atoms. The van der Waals surface area contributed by atoms with E-state index in [1.165, 1.54) is 6.07 Å². The van der Waals surface area contributed by atoms with Crippen LogP contribution in [0.3, 0.4) is 0 Å². The first kappa shape index (κ1) is 17.1. The molecule has 0 heterocycles. The summed E-state index contributed by atoms with van der Waals surface area (Å²) in [5.74, 6) is -3.16. The van der Waals surface area contributed by atoms with E-state index in [0.29, 0.717) is 12.8 Å². The summed E-state index contributed by atoms with van der Waals surface area (Å²) in [5.41, 5.74) is -0.987. The predicted octanol–water partition coefficient (Wildman–Crippen LogP) is 2.92. The third kappa shape index (κ3) is 3.41. The zero-order valence-electron chi connectivity index (χ0n) is 12.8. The van der Waals surface area contributed by atoms with Crippen molar-refractivity contribution in [3.63, 3.8) is 0 Å². The van der Waals surface area contributed by atoms with Crippen LogP contribution in [-0.2, 0) is 15.0 Å². The van der Waals surface area contributed by atoms with Crippen molar-refractivity contribution in [1.29, 1.82) is 0 Å². The minimum absolute atomic E-state index is 0.123. The second kappa shape index (κ2) is 6.89. The van der Waals surface area contributed by atoms with Crippen molar-refractivity contribution in [3.8, 4) is 0 Å².